The molecule has 0 unspecified atom stereocenters. The molecule has 0 radical (unpaired) electrons. The molecule has 0 saturated carbocycles. The number of anilines is 1. The number of nitrogens with one attached hydrogen (secondary N) is 1. The lowest BCUT2D eigenvalue weighted by atomic mass is 10.1. The summed E-state index contributed by atoms with van der Waals surface area (Å²) in [5.74, 6) is -1.63. The van der Waals surface area contributed by atoms with Crippen LogP contribution in [0.1, 0.15) is 43.9 Å². The van der Waals surface area contributed by atoms with Crippen molar-refractivity contribution < 1.29 is 23.9 Å². The lowest BCUT2D eigenvalue weighted by molar-refractivity contribution is -0.116. The molecule has 2 aromatic heterocycles. The molecule has 2 heterocycles. The molecule has 2 rings (SSSR count). The third-order valence-electron chi connectivity index (χ3n) is 3.84. The number of methoxy groups -OCH3 is 1. The van der Waals surface area contributed by atoms with E-state index in [-0.39, 0.29) is 28.6 Å². The van der Waals surface area contributed by atoms with Crippen LogP contribution in [0.3, 0.4) is 0 Å². The second-order valence-corrected chi connectivity index (χ2v) is 7.06. The predicted molar refractivity (Wildman–Crippen MR) is 102 cm³/mol. The minimum atomic E-state index is -0.649. The van der Waals surface area contributed by atoms with E-state index < -0.39 is 17.8 Å². The third kappa shape index (κ3) is 4.30. The predicted octanol–water partition coefficient (Wildman–Crippen LogP) is 3.13. The number of carbonyl (C=O) groups is 3. The van der Waals surface area contributed by atoms with Crippen molar-refractivity contribution >= 4 is 45.8 Å². The van der Waals surface area contributed by atoms with Gasteiger partial charge in [-0.1, -0.05) is 11.6 Å². The van der Waals surface area contributed by atoms with Crippen molar-refractivity contribution in [3.8, 4) is 0 Å². The number of hydrogen-bond acceptors (Lipinski definition) is 7. The Morgan fingerprint density at radius 3 is 2.41 bits per heavy atom. The molecular weight excluding hydrogens is 394 g/mol. The molecule has 0 spiro atoms. The molecule has 146 valence electrons. The van der Waals surface area contributed by atoms with Gasteiger partial charge in [-0.05, 0) is 33.3 Å². The molecule has 0 aromatic carbocycles. The van der Waals surface area contributed by atoms with Crippen molar-refractivity contribution in [2.45, 2.75) is 34.2 Å². The molecule has 0 aliphatic rings. The van der Waals surface area contributed by atoms with Gasteiger partial charge in [-0.2, -0.15) is 5.10 Å². The van der Waals surface area contributed by atoms with Crippen molar-refractivity contribution in [3.05, 3.63) is 32.4 Å². The van der Waals surface area contributed by atoms with Gasteiger partial charge in [0.1, 0.15) is 16.4 Å². The van der Waals surface area contributed by atoms with Crippen molar-refractivity contribution in [2.24, 2.45) is 0 Å². The first-order valence-corrected chi connectivity index (χ1v) is 9.28. The summed E-state index contributed by atoms with van der Waals surface area (Å²) >= 11 is 7.06. The monoisotopic (exact) mass is 413 g/mol. The number of halogens is 1. The van der Waals surface area contributed by atoms with E-state index in [4.69, 9.17) is 21.1 Å². The quantitative estimate of drug-likeness (QED) is 0.730. The Hall–Kier alpha value is -2.39. The van der Waals surface area contributed by atoms with Crippen LogP contribution in [-0.4, -0.2) is 41.3 Å². The molecule has 0 saturated heterocycles. The van der Waals surface area contributed by atoms with Crippen LogP contribution < -0.4 is 5.32 Å². The summed E-state index contributed by atoms with van der Waals surface area (Å²) in [6.45, 7) is 6.89. The summed E-state index contributed by atoms with van der Waals surface area (Å²) < 4.78 is 11.2. The zero-order chi connectivity index (χ0) is 20.3. The van der Waals surface area contributed by atoms with Crippen LogP contribution >= 0.6 is 22.9 Å². The van der Waals surface area contributed by atoms with Crippen molar-refractivity contribution in [3.63, 3.8) is 0 Å². The van der Waals surface area contributed by atoms with E-state index in [2.05, 4.69) is 10.4 Å². The zero-order valence-corrected chi connectivity index (χ0v) is 17.2. The maximum absolute atomic E-state index is 12.5. The Balaban J connectivity index is 2.32. The number of carbonyl (C=O) groups excluding carboxylic acids is 3. The molecule has 0 aliphatic carbocycles. The van der Waals surface area contributed by atoms with Crippen LogP contribution in [0.4, 0.5) is 5.00 Å². The first-order valence-electron chi connectivity index (χ1n) is 8.09. The van der Waals surface area contributed by atoms with Crippen LogP contribution in [0.2, 0.25) is 5.02 Å². The van der Waals surface area contributed by atoms with E-state index in [1.165, 1.54) is 11.8 Å². The van der Waals surface area contributed by atoms with Gasteiger partial charge in [-0.15, -0.1) is 11.3 Å². The molecule has 1 N–H and O–H groups in total. The summed E-state index contributed by atoms with van der Waals surface area (Å²) in [7, 11) is 1.23. The normalized spacial score (nSPS) is 10.6. The maximum Gasteiger partial charge on any atom is 0.348 e. The lowest BCUT2D eigenvalue weighted by Crippen LogP contribution is -2.21. The van der Waals surface area contributed by atoms with Crippen LogP contribution in [0.15, 0.2) is 0 Å². The Labute approximate surface area is 165 Å². The van der Waals surface area contributed by atoms with E-state index in [0.717, 1.165) is 11.3 Å². The topological polar surface area (TPSA) is 99.5 Å². The van der Waals surface area contributed by atoms with Gasteiger partial charge in [0, 0.05) is 0 Å². The van der Waals surface area contributed by atoms with Gasteiger partial charge in [0.2, 0.25) is 5.91 Å². The summed E-state index contributed by atoms with van der Waals surface area (Å²) in [6.07, 6.45) is 0. The highest BCUT2D eigenvalue weighted by atomic mass is 35.5. The zero-order valence-electron chi connectivity index (χ0n) is 15.6. The first kappa shape index (κ1) is 20.9. The number of hydrogen-bond donors (Lipinski definition) is 1. The van der Waals surface area contributed by atoms with Gasteiger partial charge in [-0.3, -0.25) is 9.48 Å². The van der Waals surface area contributed by atoms with Crippen molar-refractivity contribution in [2.75, 3.05) is 19.0 Å². The molecule has 0 fully saturated rings. The largest absolute Gasteiger partial charge is 0.465 e. The second-order valence-electron chi connectivity index (χ2n) is 5.66. The molecule has 1 amide bonds. The van der Waals surface area contributed by atoms with E-state index >= 15 is 0 Å². The minimum absolute atomic E-state index is 0.0916. The molecule has 2 aromatic rings. The van der Waals surface area contributed by atoms with Crippen molar-refractivity contribution in [1.82, 2.24) is 9.78 Å². The Morgan fingerprint density at radius 2 is 1.89 bits per heavy atom. The van der Waals surface area contributed by atoms with Crippen LogP contribution in [-0.2, 0) is 20.8 Å². The molecule has 27 heavy (non-hydrogen) atoms. The Bertz CT molecular complexity index is 903. The van der Waals surface area contributed by atoms with Gasteiger partial charge in [0.05, 0.1) is 35.7 Å². The highest BCUT2D eigenvalue weighted by Gasteiger charge is 2.27. The number of thiophene rings is 1. The summed E-state index contributed by atoms with van der Waals surface area (Å²) in [6, 6.07) is 0. The standard InChI is InChI=1S/C17H20ClN3O5S/c1-6-26-17(24)14-8(2)12(16(23)25-5)15(27-14)19-11(22)7-21-10(4)13(18)9(3)20-21/h6-7H2,1-5H3,(H,19,22). The number of aromatic nitrogens is 2. The SMILES string of the molecule is CCOC(=O)c1sc(NC(=O)Cn2nc(C)c(Cl)c2C)c(C(=O)OC)c1C. The van der Waals surface area contributed by atoms with Gasteiger partial charge >= 0.3 is 11.9 Å². The van der Waals surface area contributed by atoms with E-state index in [9.17, 15) is 14.4 Å². The molecule has 0 aliphatic heterocycles. The average molecular weight is 414 g/mol. The summed E-state index contributed by atoms with van der Waals surface area (Å²) in [4.78, 5) is 36.9. The lowest BCUT2D eigenvalue weighted by Gasteiger charge is -2.07. The summed E-state index contributed by atoms with van der Waals surface area (Å²) in [5, 5.41) is 7.57. The smallest absolute Gasteiger partial charge is 0.348 e. The molecular formula is C17H20ClN3O5S. The number of rotatable bonds is 6. The van der Waals surface area contributed by atoms with E-state index in [0.29, 0.717) is 22.0 Å². The van der Waals surface area contributed by atoms with Crippen LogP contribution in [0.25, 0.3) is 0 Å². The van der Waals surface area contributed by atoms with Gasteiger partial charge < -0.3 is 14.8 Å². The number of esters is 2. The highest BCUT2D eigenvalue weighted by molar-refractivity contribution is 7.18. The minimum Gasteiger partial charge on any atom is -0.465 e. The highest BCUT2D eigenvalue weighted by Crippen LogP contribution is 2.34. The fourth-order valence-corrected chi connectivity index (χ4v) is 3.71. The number of nitrogens with zero attached hydrogens (tertiary/aromatic N) is 2. The van der Waals surface area contributed by atoms with Crippen molar-refractivity contribution in [1.29, 1.82) is 0 Å². The number of amides is 1. The van der Waals surface area contributed by atoms with Gasteiger partial charge in [0.15, 0.2) is 0 Å². The molecule has 10 heteroatoms. The summed E-state index contributed by atoms with van der Waals surface area (Å²) in [5.41, 5.74) is 1.81. The second kappa shape index (κ2) is 8.53. The van der Waals surface area contributed by atoms with E-state index in [1.807, 2.05) is 0 Å². The fourth-order valence-electron chi connectivity index (χ4n) is 2.47. The fraction of sp³-hybridized carbons (Fsp3) is 0.412. The molecule has 0 bridgehead atoms. The van der Waals surface area contributed by atoms with Crippen LogP contribution in [0, 0.1) is 20.8 Å². The average Bonchev–Trinajstić information content (AvgIpc) is 3.06. The third-order valence-corrected chi connectivity index (χ3v) is 5.57. The maximum atomic E-state index is 12.5. The van der Waals surface area contributed by atoms with Gasteiger partial charge in [0.25, 0.3) is 0 Å². The van der Waals surface area contributed by atoms with E-state index in [1.54, 1.807) is 27.7 Å². The number of aryl methyl sites for hydroxylation is 1. The Morgan fingerprint density at radius 1 is 1.22 bits per heavy atom. The van der Waals surface area contributed by atoms with Gasteiger partial charge in [-0.25, -0.2) is 9.59 Å². The Kier molecular flexibility index (Phi) is 6.61. The van der Waals surface area contributed by atoms with Crippen LogP contribution in [0.5, 0.6) is 0 Å². The number of ether oxygens (including phenoxy) is 2. The molecule has 0 atom stereocenters. The molecule has 8 nitrogen and oxygen atoms in total. The first-order chi connectivity index (χ1) is 12.7.